The van der Waals surface area contributed by atoms with E-state index in [4.69, 9.17) is 13.6 Å². The van der Waals surface area contributed by atoms with Gasteiger partial charge >= 0.3 is 0 Å². The topological polar surface area (TPSA) is 116 Å². The highest BCUT2D eigenvalue weighted by molar-refractivity contribution is 5.94. The predicted molar refractivity (Wildman–Crippen MR) is 129 cm³/mol. The number of ether oxygens (including phenoxy) is 1. The summed E-state index contributed by atoms with van der Waals surface area (Å²) in [5.41, 5.74) is 0.795. The van der Waals surface area contributed by atoms with Crippen LogP contribution in [0.25, 0.3) is 11.7 Å². The molecule has 10 nitrogen and oxygen atoms in total. The molecule has 0 aliphatic carbocycles. The maximum atomic E-state index is 13.2. The quantitative estimate of drug-likeness (QED) is 0.537. The second kappa shape index (κ2) is 10.2. The number of oxazole rings is 1. The lowest BCUT2D eigenvalue weighted by atomic mass is 9.95. The molecule has 0 unspecified atom stereocenters. The van der Waals surface area contributed by atoms with Crippen molar-refractivity contribution in [3.05, 3.63) is 53.9 Å². The van der Waals surface area contributed by atoms with E-state index >= 15 is 0 Å². The monoisotopic (exact) mass is 489 g/mol. The first kappa shape index (κ1) is 23.5. The zero-order valence-corrected chi connectivity index (χ0v) is 20.1. The molecule has 186 valence electrons. The number of rotatable bonds is 5. The van der Waals surface area contributed by atoms with Gasteiger partial charge in [-0.25, -0.2) is 0 Å². The van der Waals surface area contributed by atoms with Gasteiger partial charge in [0, 0.05) is 50.7 Å². The van der Waals surface area contributed by atoms with Crippen LogP contribution >= 0.6 is 0 Å². The van der Waals surface area contributed by atoms with E-state index in [0.717, 1.165) is 0 Å². The second-order valence-corrected chi connectivity index (χ2v) is 8.87. The van der Waals surface area contributed by atoms with E-state index in [1.54, 1.807) is 48.4 Å². The summed E-state index contributed by atoms with van der Waals surface area (Å²) in [6.07, 6.45) is 2.84. The molecule has 0 radical (unpaired) electrons. The van der Waals surface area contributed by atoms with Crippen LogP contribution in [0.2, 0.25) is 0 Å². The van der Waals surface area contributed by atoms with Crippen LogP contribution in [-0.4, -0.2) is 73.0 Å². The van der Waals surface area contributed by atoms with Crippen LogP contribution < -0.4 is 9.64 Å². The van der Waals surface area contributed by atoms with E-state index in [0.29, 0.717) is 75.1 Å². The SMILES string of the molecule is COc1cccc(C(=O)N2CCN(C(=O)C3CCN(c4oc(-c5ccco5)nc4C#N)CC3)CC2)c1. The van der Waals surface area contributed by atoms with Gasteiger partial charge in [0.2, 0.25) is 17.5 Å². The van der Waals surface area contributed by atoms with Crippen molar-refractivity contribution in [1.29, 1.82) is 5.26 Å². The molecule has 2 aliphatic rings. The third-order valence-corrected chi connectivity index (χ3v) is 6.77. The Morgan fingerprint density at radius 3 is 2.47 bits per heavy atom. The molecular weight excluding hydrogens is 462 g/mol. The molecule has 0 saturated carbocycles. The number of hydrogen-bond acceptors (Lipinski definition) is 8. The van der Waals surface area contributed by atoms with Gasteiger partial charge in [0.05, 0.1) is 13.4 Å². The van der Waals surface area contributed by atoms with Gasteiger partial charge in [0.15, 0.2) is 5.76 Å². The Kier molecular flexibility index (Phi) is 6.62. The van der Waals surface area contributed by atoms with Crippen LogP contribution in [0.1, 0.15) is 28.9 Å². The Labute approximate surface area is 208 Å². The molecule has 36 heavy (non-hydrogen) atoms. The normalized spacial score (nSPS) is 16.6. The lowest BCUT2D eigenvalue weighted by Crippen LogP contribution is -2.53. The standard InChI is InChI=1S/C26H27N5O5/c1-34-20-5-2-4-19(16-20)25(33)30-13-11-29(12-14-30)24(32)18-7-9-31(10-8-18)26-21(17-27)28-23(36-26)22-6-3-15-35-22/h2-6,15-16,18H,7-14H2,1H3. The zero-order chi connectivity index (χ0) is 25.1. The van der Waals surface area contributed by atoms with Crippen molar-refractivity contribution in [2.75, 3.05) is 51.3 Å². The van der Waals surface area contributed by atoms with E-state index in [1.807, 2.05) is 9.80 Å². The Morgan fingerprint density at radius 2 is 1.81 bits per heavy atom. The summed E-state index contributed by atoms with van der Waals surface area (Å²) < 4.78 is 16.4. The molecule has 2 aliphatic heterocycles. The van der Waals surface area contributed by atoms with Crippen LogP contribution in [0.5, 0.6) is 5.75 Å². The number of piperazine rings is 1. The maximum absolute atomic E-state index is 13.2. The number of nitrogens with zero attached hydrogens (tertiary/aromatic N) is 5. The van der Waals surface area contributed by atoms with Gasteiger partial charge in [-0.05, 0) is 43.2 Å². The minimum atomic E-state index is -0.0973. The minimum absolute atomic E-state index is 0.0522. The predicted octanol–water partition coefficient (Wildman–Crippen LogP) is 3.02. The van der Waals surface area contributed by atoms with Gasteiger partial charge in [0.25, 0.3) is 11.8 Å². The van der Waals surface area contributed by atoms with Crippen molar-refractivity contribution < 1.29 is 23.2 Å². The Morgan fingerprint density at radius 1 is 1.06 bits per heavy atom. The highest BCUT2D eigenvalue weighted by Gasteiger charge is 2.33. The van der Waals surface area contributed by atoms with Crippen LogP contribution in [0, 0.1) is 17.2 Å². The van der Waals surface area contributed by atoms with Crippen molar-refractivity contribution in [3.8, 4) is 23.5 Å². The molecule has 2 aromatic heterocycles. The van der Waals surface area contributed by atoms with Gasteiger partial charge in [-0.2, -0.15) is 10.2 Å². The smallest absolute Gasteiger partial charge is 0.266 e. The number of hydrogen-bond donors (Lipinski definition) is 0. The van der Waals surface area contributed by atoms with Crippen molar-refractivity contribution >= 4 is 17.7 Å². The van der Waals surface area contributed by atoms with E-state index in [2.05, 4.69) is 11.1 Å². The molecule has 2 amide bonds. The first-order valence-corrected chi connectivity index (χ1v) is 12.0. The van der Waals surface area contributed by atoms with Crippen molar-refractivity contribution in [2.45, 2.75) is 12.8 Å². The molecule has 2 saturated heterocycles. The Bertz CT molecular complexity index is 1260. The van der Waals surface area contributed by atoms with Gasteiger partial charge in [-0.15, -0.1) is 0 Å². The fourth-order valence-electron chi connectivity index (χ4n) is 4.76. The number of piperidine rings is 1. The molecule has 0 N–H and O–H groups in total. The van der Waals surface area contributed by atoms with Gasteiger partial charge in [-0.3, -0.25) is 9.59 Å². The molecule has 3 aromatic rings. The number of furan rings is 1. The number of carbonyl (C=O) groups excluding carboxylic acids is 2. The summed E-state index contributed by atoms with van der Waals surface area (Å²) in [5, 5.41) is 9.50. The van der Waals surface area contributed by atoms with Crippen molar-refractivity contribution in [3.63, 3.8) is 0 Å². The highest BCUT2D eigenvalue weighted by atomic mass is 16.5. The first-order valence-electron chi connectivity index (χ1n) is 12.0. The maximum Gasteiger partial charge on any atom is 0.266 e. The van der Waals surface area contributed by atoms with Crippen molar-refractivity contribution in [1.82, 2.24) is 14.8 Å². The van der Waals surface area contributed by atoms with E-state index < -0.39 is 0 Å². The molecule has 0 bridgehead atoms. The summed E-state index contributed by atoms with van der Waals surface area (Å²) >= 11 is 0. The minimum Gasteiger partial charge on any atom is -0.497 e. The average molecular weight is 490 g/mol. The lowest BCUT2D eigenvalue weighted by molar-refractivity contribution is -0.137. The third kappa shape index (κ3) is 4.64. The highest BCUT2D eigenvalue weighted by Crippen LogP contribution is 2.32. The second-order valence-electron chi connectivity index (χ2n) is 8.87. The van der Waals surface area contributed by atoms with Crippen LogP contribution in [0.15, 0.2) is 51.5 Å². The summed E-state index contributed by atoms with van der Waals surface area (Å²) in [6.45, 7) is 3.21. The fourth-order valence-corrected chi connectivity index (χ4v) is 4.76. The Balaban J connectivity index is 1.15. The number of carbonyl (C=O) groups is 2. The molecule has 10 heteroatoms. The molecule has 5 rings (SSSR count). The third-order valence-electron chi connectivity index (χ3n) is 6.77. The first-order chi connectivity index (χ1) is 17.6. The molecule has 4 heterocycles. The molecule has 2 fully saturated rings. The van der Waals surface area contributed by atoms with Gasteiger partial charge in [0.1, 0.15) is 11.8 Å². The Hall–Kier alpha value is -4.26. The summed E-state index contributed by atoms with van der Waals surface area (Å²) in [6, 6.07) is 12.7. The van der Waals surface area contributed by atoms with Gasteiger partial charge in [-0.1, -0.05) is 6.07 Å². The van der Waals surface area contributed by atoms with Crippen LogP contribution in [-0.2, 0) is 4.79 Å². The molecule has 1 aromatic carbocycles. The van der Waals surface area contributed by atoms with Crippen LogP contribution in [0.4, 0.5) is 5.88 Å². The largest absolute Gasteiger partial charge is 0.497 e. The zero-order valence-electron chi connectivity index (χ0n) is 20.1. The van der Waals surface area contributed by atoms with Crippen molar-refractivity contribution in [2.24, 2.45) is 5.92 Å². The summed E-state index contributed by atoms with van der Waals surface area (Å²) in [4.78, 5) is 35.9. The molecule has 0 atom stereocenters. The molecular formula is C26H27N5O5. The average Bonchev–Trinajstić information content (AvgIpc) is 3.63. The number of nitriles is 1. The lowest BCUT2D eigenvalue weighted by Gasteiger charge is -2.38. The van der Waals surface area contributed by atoms with E-state index in [9.17, 15) is 14.9 Å². The fraction of sp³-hybridized carbons (Fsp3) is 0.385. The summed E-state index contributed by atoms with van der Waals surface area (Å²) in [7, 11) is 1.57. The van der Waals surface area contributed by atoms with E-state index in [-0.39, 0.29) is 29.3 Å². The van der Waals surface area contributed by atoms with E-state index in [1.165, 1.54) is 6.26 Å². The number of amides is 2. The number of methoxy groups -OCH3 is 1. The number of anilines is 1. The van der Waals surface area contributed by atoms with Gasteiger partial charge < -0.3 is 28.3 Å². The van der Waals surface area contributed by atoms with Crippen LogP contribution in [0.3, 0.4) is 0 Å². The summed E-state index contributed by atoms with van der Waals surface area (Å²) in [5.74, 6) is 1.77. The molecule has 0 spiro atoms. The number of benzene rings is 1. The number of aromatic nitrogens is 1.